The summed E-state index contributed by atoms with van der Waals surface area (Å²) in [6, 6.07) is 0. The van der Waals surface area contributed by atoms with Gasteiger partial charge >= 0.3 is 44.9 Å². The minimum absolute atomic E-state index is 0. The van der Waals surface area contributed by atoms with E-state index in [4.69, 9.17) is 20.4 Å². The van der Waals surface area contributed by atoms with Gasteiger partial charge in [0.2, 0.25) is 0 Å². The van der Waals surface area contributed by atoms with Crippen LogP contribution in [0.1, 0.15) is 213 Å². The SMILES string of the molecule is CCCCCCCC/C=C\CCCCCCCC(=O)O.CCCCCCCC/C=C\CCCCCCCC(=O)O.O=C(O)C1(C(=O)O)CCC1.[NH2-].[NH2-].[Pt+2]. The van der Waals surface area contributed by atoms with Gasteiger partial charge in [-0.3, -0.25) is 19.2 Å². The Kier molecular flexibility index (Phi) is 52.4. The standard InChI is InChI=1S/2C18H34O2.C6H8O4.2H2N.Pt/c2*1-2-3-4-5-6-7-8-9-10-11-12-13-14-15-16-17-18(19)20;7-4(8)6(5(9)10)2-1-3-6;;;/h2*9-10H,2-8,11-17H2,1H3,(H,19,20);1-3H2,(H,7,8)(H,9,10);2*1H2;/q;;;2*-1;+2/b2*10-9-;;;;. The van der Waals surface area contributed by atoms with Gasteiger partial charge in [-0.1, -0.05) is 141 Å². The van der Waals surface area contributed by atoms with E-state index in [1.165, 1.54) is 141 Å². The molecule has 0 atom stereocenters. The molecule has 1 rings (SSSR count). The largest absolute Gasteiger partial charge is 2.00 e. The van der Waals surface area contributed by atoms with Gasteiger partial charge in [0.1, 0.15) is 0 Å². The van der Waals surface area contributed by atoms with Gasteiger partial charge in [0.05, 0.1) is 0 Å². The molecule has 316 valence electrons. The van der Waals surface area contributed by atoms with Crippen LogP contribution in [0.3, 0.4) is 0 Å². The summed E-state index contributed by atoms with van der Waals surface area (Å²) in [6.45, 7) is 4.52. The first-order chi connectivity index (χ1) is 24.1. The van der Waals surface area contributed by atoms with Crippen molar-refractivity contribution in [1.82, 2.24) is 0 Å². The number of carboxylic acid groups (broad SMARTS) is 4. The van der Waals surface area contributed by atoms with Crippen molar-refractivity contribution in [3.8, 4) is 0 Å². The molecule has 0 amide bonds. The molecule has 10 nitrogen and oxygen atoms in total. The van der Waals surface area contributed by atoms with Crippen molar-refractivity contribution in [2.24, 2.45) is 5.41 Å². The number of allylic oxidation sites excluding steroid dienone is 4. The van der Waals surface area contributed by atoms with Crippen LogP contribution in [-0.2, 0) is 40.2 Å². The summed E-state index contributed by atoms with van der Waals surface area (Å²) in [7, 11) is 0. The van der Waals surface area contributed by atoms with E-state index in [9.17, 15) is 19.2 Å². The number of rotatable bonds is 32. The number of carboxylic acids is 4. The fourth-order valence-corrected chi connectivity index (χ4v) is 5.74. The fraction of sp³-hybridized carbons (Fsp3) is 0.810. The molecule has 0 radical (unpaired) electrons. The first-order valence-corrected chi connectivity index (χ1v) is 20.3. The van der Waals surface area contributed by atoms with Crippen LogP contribution in [-0.4, -0.2) is 44.3 Å². The van der Waals surface area contributed by atoms with Gasteiger partial charge < -0.3 is 32.7 Å². The molecule has 0 spiro atoms. The number of unbranched alkanes of at least 4 members (excludes halogenated alkanes) is 22. The van der Waals surface area contributed by atoms with Crippen molar-refractivity contribution >= 4 is 23.9 Å². The average Bonchev–Trinajstić information content (AvgIpc) is 3.04. The molecule has 0 aromatic rings. The van der Waals surface area contributed by atoms with E-state index < -0.39 is 29.3 Å². The molecule has 0 heterocycles. The van der Waals surface area contributed by atoms with Gasteiger partial charge in [0.15, 0.2) is 5.41 Å². The molecule has 1 aliphatic rings. The number of aliphatic carboxylic acids is 4. The molecule has 0 aromatic heterocycles. The number of hydrogen-bond donors (Lipinski definition) is 4. The maximum Gasteiger partial charge on any atom is 2.00 e. The van der Waals surface area contributed by atoms with Crippen LogP contribution in [0.15, 0.2) is 24.3 Å². The van der Waals surface area contributed by atoms with Crippen LogP contribution in [0.25, 0.3) is 12.3 Å². The van der Waals surface area contributed by atoms with Gasteiger partial charge in [-0.15, -0.1) is 0 Å². The molecular weight excluding hydrogens is 856 g/mol. The molecule has 11 heteroatoms. The second-order valence-corrected chi connectivity index (χ2v) is 14.0. The van der Waals surface area contributed by atoms with Crippen molar-refractivity contribution in [1.29, 1.82) is 0 Å². The Morgan fingerprint density at radius 3 is 0.868 bits per heavy atom. The minimum Gasteiger partial charge on any atom is -0.693 e. The molecule has 53 heavy (non-hydrogen) atoms. The first kappa shape index (κ1) is 60.2. The van der Waals surface area contributed by atoms with Crippen molar-refractivity contribution in [3.05, 3.63) is 36.6 Å². The van der Waals surface area contributed by atoms with Crippen molar-refractivity contribution in [3.63, 3.8) is 0 Å². The van der Waals surface area contributed by atoms with E-state index in [0.717, 1.165) is 25.7 Å². The maximum absolute atomic E-state index is 10.4. The summed E-state index contributed by atoms with van der Waals surface area (Å²) in [6.07, 6.45) is 43.7. The molecule has 0 unspecified atom stereocenters. The molecule has 0 saturated heterocycles. The van der Waals surface area contributed by atoms with Crippen LogP contribution in [0.5, 0.6) is 0 Å². The van der Waals surface area contributed by atoms with Crippen molar-refractivity contribution in [2.75, 3.05) is 0 Å². The third kappa shape index (κ3) is 42.6. The zero-order valence-electron chi connectivity index (χ0n) is 33.6. The average molecular weight is 936 g/mol. The Labute approximate surface area is 338 Å². The number of nitrogens with two attached hydrogens (primary N) is 2. The molecule has 0 aromatic carbocycles. The zero-order valence-corrected chi connectivity index (χ0v) is 35.9. The molecule has 1 aliphatic carbocycles. The van der Waals surface area contributed by atoms with Gasteiger partial charge in [-0.05, 0) is 83.5 Å². The van der Waals surface area contributed by atoms with Gasteiger partial charge in [-0.2, -0.15) is 0 Å². The van der Waals surface area contributed by atoms with E-state index in [2.05, 4.69) is 38.2 Å². The summed E-state index contributed by atoms with van der Waals surface area (Å²) in [4.78, 5) is 41.4. The smallest absolute Gasteiger partial charge is 0.693 e. The summed E-state index contributed by atoms with van der Waals surface area (Å²) < 4.78 is 0. The number of carbonyl (C=O) groups is 4. The van der Waals surface area contributed by atoms with Crippen LogP contribution in [0.2, 0.25) is 0 Å². The predicted molar refractivity (Wildman–Crippen MR) is 216 cm³/mol. The summed E-state index contributed by atoms with van der Waals surface area (Å²) in [5.74, 6) is -3.73. The molecule has 0 bridgehead atoms. The Balaban J connectivity index is -0.000000221. The Morgan fingerprint density at radius 1 is 0.434 bits per heavy atom. The fourth-order valence-electron chi connectivity index (χ4n) is 5.74. The van der Waals surface area contributed by atoms with E-state index in [0.29, 0.717) is 19.3 Å². The molecular formula is C42H80N2O8Pt. The van der Waals surface area contributed by atoms with Gasteiger partial charge in [-0.25, -0.2) is 0 Å². The Hall–Kier alpha value is -2.03. The predicted octanol–water partition coefficient (Wildman–Crippen LogP) is 14.0. The topological polar surface area (TPSA) is 216 Å². The Bertz CT molecular complexity index is 828. The maximum atomic E-state index is 10.4. The molecule has 8 N–H and O–H groups in total. The summed E-state index contributed by atoms with van der Waals surface area (Å²) >= 11 is 0. The van der Waals surface area contributed by atoms with Crippen LogP contribution < -0.4 is 0 Å². The third-order valence-corrected chi connectivity index (χ3v) is 9.33. The molecule has 1 fully saturated rings. The quantitative estimate of drug-likeness (QED) is 0.0288. The van der Waals surface area contributed by atoms with Crippen LogP contribution >= 0.6 is 0 Å². The van der Waals surface area contributed by atoms with Crippen molar-refractivity contribution in [2.45, 2.75) is 213 Å². The van der Waals surface area contributed by atoms with E-state index in [-0.39, 0.29) is 46.2 Å². The Morgan fingerprint density at radius 2 is 0.679 bits per heavy atom. The minimum atomic E-state index is -1.44. The van der Waals surface area contributed by atoms with E-state index >= 15 is 0 Å². The van der Waals surface area contributed by atoms with Gasteiger partial charge in [0.25, 0.3) is 0 Å². The van der Waals surface area contributed by atoms with Crippen molar-refractivity contribution < 1.29 is 60.7 Å². The normalized spacial score (nSPS) is 12.5. The monoisotopic (exact) mass is 936 g/mol. The van der Waals surface area contributed by atoms with Gasteiger partial charge in [0, 0.05) is 12.8 Å². The van der Waals surface area contributed by atoms with Crippen LogP contribution in [0.4, 0.5) is 0 Å². The second-order valence-electron chi connectivity index (χ2n) is 14.0. The summed E-state index contributed by atoms with van der Waals surface area (Å²) in [5.41, 5.74) is -1.44. The zero-order chi connectivity index (χ0) is 37.6. The second kappa shape index (κ2) is 46.1. The van der Waals surface area contributed by atoms with E-state index in [1.807, 2.05) is 0 Å². The first-order valence-electron chi connectivity index (χ1n) is 20.3. The third-order valence-electron chi connectivity index (χ3n) is 9.33. The van der Waals surface area contributed by atoms with Crippen LogP contribution in [0, 0.1) is 5.41 Å². The molecule has 0 aliphatic heterocycles. The number of hydrogen-bond acceptors (Lipinski definition) is 4. The molecule has 1 saturated carbocycles. The van der Waals surface area contributed by atoms with E-state index in [1.54, 1.807) is 0 Å². The summed E-state index contributed by atoms with van der Waals surface area (Å²) in [5, 5.41) is 34.0.